The van der Waals surface area contributed by atoms with Crippen LogP contribution < -0.4 is 10.0 Å². The zero-order valence-corrected chi connectivity index (χ0v) is 13.3. The summed E-state index contributed by atoms with van der Waals surface area (Å²) in [7, 11) is 0.145. The van der Waals surface area contributed by atoms with Crippen molar-refractivity contribution in [2.45, 2.75) is 31.0 Å². The molecule has 2 heterocycles. The topological polar surface area (TPSA) is 81.0 Å². The molecule has 0 amide bonds. The Labute approximate surface area is 125 Å². The molecule has 2 aromatic rings. The lowest BCUT2D eigenvalue weighted by molar-refractivity contribution is 0.520. The molecule has 2 aromatic heterocycles. The molecule has 0 aliphatic heterocycles. The normalized spacial score (nSPS) is 13.5. The van der Waals surface area contributed by atoms with E-state index in [2.05, 4.69) is 15.0 Å². The van der Waals surface area contributed by atoms with Gasteiger partial charge in [0.25, 0.3) is 0 Å². The number of sulfonamides is 1. The number of hydrogen-bond acceptors (Lipinski definition) is 4. The number of imidazole rings is 1. The van der Waals surface area contributed by atoms with Crippen molar-refractivity contribution < 1.29 is 8.42 Å². The van der Waals surface area contributed by atoms with Gasteiger partial charge in [0, 0.05) is 50.5 Å². The molecule has 116 valence electrons. The third kappa shape index (κ3) is 3.93. The van der Waals surface area contributed by atoms with Gasteiger partial charge in [-0.25, -0.2) is 18.1 Å². The summed E-state index contributed by atoms with van der Waals surface area (Å²) < 4.78 is 31.1. The van der Waals surface area contributed by atoms with Crippen molar-refractivity contribution >= 4 is 10.0 Å². The van der Waals surface area contributed by atoms with Gasteiger partial charge in [-0.05, 0) is 20.0 Å². The van der Waals surface area contributed by atoms with E-state index >= 15 is 0 Å². The highest BCUT2D eigenvalue weighted by atomic mass is 32.2. The summed E-state index contributed by atoms with van der Waals surface area (Å²) in [5.41, 5.74) is 0.917. The van der Waals surface area contributed by atoms with Crippen LogP contribution in [0.15, 0.2) is 35.9 Å². The Bertz CT molecular complexity index is 675. The van der Waals surface area contributed by atoms with Gasteiger partial charge in [-0.1, -0.05) is 0 Å². The fourth-order valence-electron chi connectivity index (χ4n) is 2.16. The van der Waals surface area contributed by atoms with E-state index in [0.717, 1.165) is 5.69 Å². The first-order chi connectivity index (χ1) is 9.92. The van der Waals surface area contributed by atoms with Gasteiger partial charge in [-0.15, -0.1) is 0 Å². The van der Waals surface area contributed by atoms with Crippen LogP contribution in [0.1, 0.15) is 12.6 Å². The highest BCUT2D eigenvalue weighted by Crippen LogP contribution is 2.14. The molecule has 2 rings (SSSR count). The number of nitrogens with zero attached hydrogens (tertiary/aromatic N) is 3. The predicted octanol–water partition coefficient (Wildman–Crippen LogP) is 0.308. The zero-order chi connectivity index (χ0) is 15.5. The lowest BCUT2D eigenvalue weighted by atomic mass is 10.4. The van der Waals surface area contributed by atoms with E-state index in [1.165, 1.54) is 0 Å². The van der Waals surface area contributed by atoms with Crippen LogP contribution >= 0.6 is 0 Å². The average molecular weight is 311 g/mol. The van der Waals surface area contributed by atoms with Gasteiger partial charge in [0.05, 0.1) is 11.2 Å². The molecule has 0 aromatic carbocycles. The van der Waals surface area contributed by atoms with E-state index in [9.17, 15) is 8.42 Å². The van der Waals surface area contributed by atoms with Crippen LogP contribution in [-0.2, 0) is 30.2 Å². The number of rotatable bonds is 7. The van der Waals surface area contributed by atoms with Crippen molar-refractivity contribution in [3.8, 4) is 0 Å². The molecule has 2 N–H and O–H groups in total. The second-order valence-corrected chi connectivity index (χ2v) is 6.80. The van der Waals surface area contributed by atoms with Crippen molar-refractivity contribution in [3.63, 3.8) is 0 Å². The third-order valence-corrected chi connectivity index (χ3v) is 4.71. The molecule has 0 fully saturated rings. The average Bonchev–Trinajstić information content (AvgIpc) is 3.00. The monoisotopic (exact) mass is 311 g/mol. The smallest absolute Gasteiger partial charge is 0.242 e. The van der Waals surface area contributed by atoms with Crippen LogP contribution in [0.3, 0.4) is 0 Å². The molecule has 0 bridgehead atoms. The van der Waals surface area contributed by atoms with Crippen LogP contribution in [0.4, 0.5) is 0 Å². The molecule has 8 heteroatoms. The molecule has 21 heavy (non-hydrogen) atoms. The molecule has 0 spiro atoms. The van der Waals surface area contributed by atoms with Crippen LogP contribution in [0, 0.1) is 0 Å². The van der Waals surface area contributed by atoms with Crippen LogP contribution in [0.2, 0.25) is 0 Å². The van der Waals surface area contributed by atoms with Crippen molar-refractivity contribution in [3.05, 3.63) is 36.7 Å². The lowest BCUT2D eigenvalue weighted by Crippen LogP contribution is -2.35. The van der Waals surface area contributed by atoms with E-state index < -0.39 is 10.0 Å². The van der Waals surface area contributed by atoms with Gasteiger partial charge in [-0.2, -0.15) is 0 Å². The van der Waals surface area contributed by atoms with Gasteiger partial charge >= 0.3 is 0 Å². The number of aryl methyl sites for hydroxylation is 1. The maximum absolute atomic E-state index is 12.4. The molecular weight excluding hydrogens is 290 g/mol. The molecule has 0 radical (unpaired) electrons. The molecule has 0 aliphatic carbocycles. The van der Waals surface area contributed by atoms with Gasteiger partial charge in [0.1, 0.15) is 0 Å². The minimum absolute atomic E-state index is 0.225. The van der Waals surface area contributed by atoms with Gasteiger partial charge in [0.15, 0.2) is 0 Å². The first kappa shape index (κ1) is 15.7. The quantitative estimate of drug-likeness (QED) is 0.771. The second-order valence-electron chi connectivity index (χ2n) is 5.09. The zero-order valence-electron chi connectivity index (χ0n) is 12.4. The lowest BCUT2D eigenvalue weighted by Gasteiger charge is -2.13. The molecule has 1 atom stereocenters. The largest absolute Gasteiger partial charge is 0.352 e. The van der Waals surface area contributed by atoms with Gasteiger partial charge in [-0.3, -0.25) is 0 Å². The van der Waals surface area contributed by atoms with Crippen LogP contribution in [-0.4, -0.2) is 35.6 Å². The molecular formula is C13H21N5O2S. The van der Waals surface area contributed by atoms with Gasteiger partial charge in [0.2, 0.25) is 10.0 Å². The molecule has 0 saturated heterocycles. The Balaban J connectivity index is 2.09. The minimum atomic E-state index is -3.52. The Kier molecular flexibility index (Phi) is 4.81. The summed E-state index contributed by atoms with van der Waals surface area (Å²) >= 11 is 0. The first-order valence-electron chi connectivity index (χ1n) is 6.70. The fourth-order valence-corrected chi connectivity index (χ4v) is 3.49. The maximum atomic E-state index is 12.4. The van der Waals surface area contributed by atoms with Crippen molar-refractivity contribution in [2.24, 2.45) is 7.05 Å². The fraction of sp³-hybridized carbons (Fsp3) is 0.462. The molecule has 7 nitrogen and oxygen atoms in total. The Morgan fingerprint density at radius 2 is 2.19 bits per heavy atom. The summed E-state index contributed by atoms with van der Waals surface area (Å²) in [6, 6.07) is 1.46. The first-order valence-corrected chi connectivity index (χ1v) is 8.18. The molecule has 1 unspecified atom stereocenters. The summed E-state index contributed by atoms with van der Waals surface area (Å²) in [6.45, 7) is 2.99. The Morgan fingerprint density at radius 3 is 2.81 bits per heavy atom. The van der Waals surface area contributed by atoms with E-state index in [1.54, 1.807) is 31.0 Å². The molecule has 0 saturated carbocycles. The van der Waals surface area contributed by atoms with E-state index in [0.29, 0.717) is 13.1 Å². The summed E-state index contributed by atoms with van der Waals surface area (Å²) in [5.74, 6) is 0. The number of nitrogens with one attached hydrogen (secondary N) is 2. The van der Waals surface area contributed by atoms with E-state index in [-0.39, 0.29) is 10.9 Å². The summed E-state index contributed by atoms with van der Waals surface area (Å²) in [5, 5.41) is 3.01. The second kappa shape index (κ2) is 6.42. The number of hydrogen-bond donors (Lipinski definition) is 2. The van der Waals surface area contributed by atoms with Crippen LogP contribution in [0.25, 0.3) is 0 Å². The minimum Gasteiger partial charge on any atom is -0.352 e. The highest BCUT2D eigenvalue weighted by Gasteiger charge is 2.20. The molecule has 0 aliphatic rings. The number of aromatic nitrogens is 3. The predicted molar refractivity (Wildman–Crippen MR) is 80.2 cm³/mol. The Morgan fingerprint density at radius 1 is 1.43 bits per heavy atom. The third-order valence-electron chi connectivity index (χ3n) is 3.15. The summed E-state index contributed by atoms with van der Waals surface area (Å²) in [6.07, 6.45) is 6.76. The SMILES string of the molecule is CNCc1cc(S(=O)(=O)NC(C)Cn2ccnc2)cn1C. The highest BCUT2D eigenvalue weighted by molar-refractivity contribution is 7.89. The van der Waals surface area contributed by atoms with E-state index in [1.807, 2.05) is 30.2 Å². The van der Waals surface area contributed by atoms with Gasteiger partial charge < -0.3 is 14.5 Å². The maximum Gasteiger partial charge on any atom is 0.242 e. The van der Waals surface area contributed by atoms with Crippen molar-refractivity contribution in [2.75, 3.05) is 7.05 Å². The Hall–Kier alpha value is -1.64. The van der Waals surface area contributed by atoms with E-state index in [4.69, 9.17) is 0 Å². The van der Waals surface area contributed by atoms with Crippen molar-refractivity contribution in [1.29, 1.82) is 0 Å². The van der Waals surface area contributed by atoms with Crippen LogP contribution in [0.5, 0.6) is 0 Å². The van der Waals surface area contributed by atoms with Crippen molar-refractivity contribution in [1.82, 2.24) is 24.2 Å². The standard InChI is InChI=1S/C13H21N5O2S/c1-11(8-18-5-4-15-10-18)16-21(19,20)13-6-12(7-14-2)17(3)9-13/h4-6,9-11,14,16H,7-8H2,1-3H3. The summed E-state index contributed by atoms with van der Waals surface area (Å²) in [4.78, 5) is 4.23.